The van der Waals surface area contributed by atoms with Gasteiger partial charge < -0.3 is 0 Å². The molecule has 0 aliphatic rings. The van der Waals surface area contributed by atoms with Crippen LogP contribution in [0.15, 0.2) is 16.5 Å². The van der Waals surface area contributed by atoms with Crippen molar-refractivity contribution in [3.05, 3.63) is 11.5 Å². The number of halogens is 1. The highest BCUT2D eigenvalue weighted by atomic mass is 35.5. The third-order valence-corrected chi connectivity index (χ3v) is 3.43. The second-order valence-electron chi connectivity index (χ2n) is 2.13. The molecule has 0 spiro atoms. The molecule has 8 heteroatoms. The molecule has 0 aliphatic carbocycles. The summed E-state index contributed by atoms with van der Waals surface area (Å²) in [5.74, 6) is 0. The summed E-state index contributed by atoms with van der Waals surface area (Å²) < 4.78 is 9.51. The van der Waals surface area contributed by atoms with Crippen LogP contribution in [0.2, 0.25) is 5.15 Å². The van der Waals surface area contributed by atoms with Gasteiger partial charge in [-0.25, -0.2) is 9.67 Å². The monoisotopic (exact) mass is 233 g/mol. The van der Waals surface area contributed by atoms with E-state index in [0.29, 0.717) is 10.2 Å². The van der Waals surface area contributed by atoms with Crippen molar-refractivity contribution >= 4 is 35.1 Å². The molecule has 0 aliphatic heterocycles. The minimum absolute atomic E-state index is 0.415. The van der Waals surface area contributed by atoms with Crippen molar-refractivity contribution in [2.75, 3.05) is 0 Å². The topological polar surface area (TPSA) is 56.5 Å². The molecular formula is C5H4ClN5S2. The van der Waals surface area contributed by atoms with E-state index in [2.05, 4.69) is 18.8 Å². The molecule has 2 heterocycles. The minimum Gasteiger partial charge on any atom is -0.244 e. The van der Waals surface area contributed by atoms with Crippen LogP contribution in [0, 0.1) is 0 Å². The maximum absolute atomic E-state index is 5.77. The summed E-state index contributed by atoms with van der Waals surface area (Å²) in [6.07, 6.45) is 1.48. The van der Waals surface area contributed by atoms with Crippen molar-refractivity contribution < 1.29 is 0 Å². The van der Waals surface area contributed by atoms with Crippen LogP contribution in [-0.2, 0) is 7.05 Å². The van der Waals surface area contributed by atoms with Crippen molar-refractivity contribution in [2.24, 2.45) is 7.05 Å². The van der Waals surface area contributed by atoms with E-state index >= 15 is 0 Å². The van der Waals surface area contributed by atoms with Gasteiger partial charge in [-0.15, -0.1) is 0 Å². The lowest BCUT2D eigenvalue weighted by atomic mass is 10.9. The smallest absolute Gasteiger partial charge is 0.192 e. The molecule has 0 bridgehead atoms. The predicted molar refractivity (Wildman–Crippen MR) is 50.0 cm³/mol. The Hall–Kier alpha value is -0.660. The van der Waals surface area contributed by atoms with E-state index < -0.39 is 0 Å². The molecule has 0 saturated heterocycles. The molecule has 5 nitrogen and oxygen atoms in total. The maximum atomic E-state index is 5.77. The minimum atomic E-state index is 0.415. The second kappa shape index (κ2) is 3.60. The molecule has 0 saturated carbocycles. The van der Waals surface area contributed by atoms with E-state index in [9.17, 15) is 0 Å². The predicted octanol–water partition coefficient (Wildman–Crippen LogP) is 1.47. The SMILES string of the molecule is Cn1ncnc1Sc1nsnc1Cl. The quantitative estimate of drug-likeness (QED) is 0.786. The van der Waals surface area contributed by atoms with Crippen LogP contribution in [0.5, 0.6) is 0 Å². The van der Waals surface area contributed by atoms with Crippen molar-refractivity contribution in [3.63, 3.8) is 0 Å². The molecular weight excluding hydrogens is 230 g/mol. The van der Waals surface area contributed by atoms with Gasteiger partial charge in [0.2, 0.25) is 0 Å². The molecule has 2 aromatic rings. The Morgan fingerprint density at radius 3 is 2.92 bits per heavy atom. The first-order chi connectivity index (χ1) is 6.27. The fraction of sp³-hybridized carbons (Fsp3) is 0.200. The summed E-state index contributed by atoms with van der Waals surface area (Å²) in [6.45, 7) is 0. The largest absolute Gasteiger partial charge is 0.244 e. The number of aromatic nitrogens is 5. The van der Waals surface area contributed by atoms with E-state index in [1.807, 2.05) is 7.05 Å². The van der Waals surface area contributed by atoms with Gasteiger partial charge in [-0.1, -0.05) is 11.6 Å². The van der Waals surface area contributed by atoms with Crippen LogP contribution in [0.3, 0.4) is 0 Å². The second-order valence-corrected chi connectivity index (χ2v) is 3.97. The lowest BCUT2D eigenvalue weighted by Crippen LogP contribution is -1.92. The van der Waals surface area contributed by atoms with Crippen LogP contribution in [-0.4, -0.2) is 23.5 Å². The van der Waals surface area contributed by atoms with Gasteiger partial charge in [0.25, 0.3) is 0 Å². The van der Waals surface area contributed by atoms with Crippen LogP contribution in [0.25, 0.3) is 0 Å². The Kier molecular flexibility index (Phi) is 2.47. The average molecular weight is 234 g/mol. The molecule has 0 radical (unpaired) electrons. The number of aryl methyl sites for hydroxylation is 1. The number of nitrogens with zero attached hydrogens (tertiary/aromatic N) is 5. The molecule has 0 aromatic carbocycles. The first-order valence-corrected chi connectivity index (χ1v) is 5.20. The van der Waals surface area contributed by atoms with Crippen molar-refractivity contribution in [1.29, 1.82) is 0 Å². The van der Waals surface area contributed by atoms with E-state index in [4.69, 9.17) is 11.6 Å². The average Bonchev–Trinajstić information content (AvgIpc) is 2.65. The molecule has 0 N–H and O–H groups in total. The molecule has 68 valence electrons. The van der Waals surface area contributed by atoms with E-state index in [0.717, 1.165) is 16.9 Å². The highest BCUT2D eigenvalue weighted by molar-refractivity contribution is 7.99. The Balaban J connectivity index is 2.24. The third-order valence-electron chi connectivity index (χ3n) is 1.28. The Bertz CT molecular complexity index is 372. The fourth-order valence-corrected chi connectivity index (χ4v) is 2.24. The van der Waals surface area contributed by atoms with Gasteiger partial charge in [-0.3, -0.25) is 0 Å². The van der Waals surface area contributed by atoms with Crippen molar-refractivity contribution in [3.8, 4) is 0 Å². The number of rotatable bonds is 2. The Labute approximate surface area is 87.5 Å². The molecule has 13 heavy (non-hydrogen) atoms. The van der Waals surface area contributed by atoms with Gasteiger partial charge >= 0.3 is 0 Å². The van der Waals surface area contributed by atoms with Crippen LogP contribution >= 0.6 is 35.1 Å². The van der Waals surface area contributed by atoms with Gasteiger partial charge in [0, 0.05) is 7.05 Å². The van der Waals surface area contributed by atoms with E-state index in [-0.39, 0.29) is 0 Å². The third kappa shape index (κ3) is 1.82. The van der Waals surface area contributed by atoms with Crippen LogP contribution in [0.1, 0.15) is 0 Å². The first-order valence-electron chi connectivity index (χ1n) is 3.27. The van der Waals surface area contributed by atoms with Gasteiger partial charge in [-0.05, 0) is 11.8 Å². The molecule has 2 aromatic heterocycles. The summed E-state index contributed by atoms with van der Waals surface area (Å²) >= 11 is 8.20. The lowest BCUT2D eigenvalue weighted by molar-refractivity contribution is 0.685. The van der Waals surface area contributed by atoms with Crippen LogP contribution < -0.4 is 0 Å². The van der Waals surface area contributed by atoms with E-state index in [1.54, 1.807) is 4.68 Å². The standard InChI is InChI=1S/C5H4ClN5S2/c1-11-5(7-2-8-11)12-4-3(6)9-13-10-4/h2H,1H3. The molecule has 2 rings (SSSR count). The lowest BCUT2D eigenvalue weighted by Gasteiger charge is -1.94. The van der Waals surface area contributed by atoms with Gasteiger partial charge in [-0.2, -0.15) is 13.8 Å². The summed E-state index contributed by atoms with van der Waals surface area (Å²) in [6, 6.07) is 0. The van der Waals surface area contributed by atoms with Crippen molar-refractivity contribution in [1.82, 2.24) is 23.5 Å². The summed E-state index contributed by atoms with van der Waals surface area (Å²) in [7, 11) is 1.81. The summed E-state index contributed by atoms with van der Waals surface area (Å²) in [5, 5.41) is 5.75. The normalized spacial score (nSPS) is 10.6. The number of hydrogen-bond donors (Lipinski definition) is 0. The zero-order chi connectivity index (χ0) is 9.26. The maximum Gasteiger partial charge on any atom is 0.192 e. The van der Waals surface area contributed by atoms with Crippen molar-refractivity contribution in [2.45, 2.75) is 10.2 Å². The molecule has 0 atom stereocenters. The van der Waals surface area contributed by atoms with Crippen LogP contribution in [0.4, 0.5) is 0 Å². The Morgan fingerprint density at radius 2 is 2.38 bits per heavy atom. The molecule has 0 amide bonds. The highest BCUT2D eigenvalue weighted by Crippen LogP contribution is 2.29. The summed E-state index contributed by atoms with van der Waals surface area (Å²) in [5.41, 5.74) is 0. The highest BCUT2D eigenvalue weighted by Gasteiger charge is 2.10. The zero-order valence-corrected chi connectivity index (χ0v) is 8.90. The number of hydrogen-bond acceptors (Lipinski definition) is 6. The Morgan fingerprint density at radius 1 is 1.54 bits per heavy atom. The van der Waals surface area contributed by atoms with Gasteiger partial charge in [0.1, 0.15) is 6.33 Å². The zero-order valence-electron chi connectivity index (χ0n) is 6.51. The molecule has 0 fully saturated rings. The van der Waals surface area contributed by atoms with E-state index in [1.165, 1.54) is 18.1 Å². The van der Waals surface area contributed by atoms with Gasteiger partial charge in [0.05, 0.1) is 11.7 Å². The molecule has 0 unspecified atom stereocenters. The van der Waals surface area contributed by atoms with Gasteiger partial charge in [0.15, 0.2) is 15.3 Å². The fourth-order valence-electron chi connectivity index (χ4n) is 0.695. The first kappa shape index (κ1) is 8.92. The summed E-state index contributed by atoms with van der Waals surface area (Å²) in [4.78, 5) is 4.02.